The largest absolute Gasteiger partial charge is 0.483 e. The lowest BCUT2D eigenvalue weighted by atomic mass is 10.2. The van der Waals surface area contributed by atoms with Gasteiger partial charge in [-0.2, -0.15) is 0 Å². The van der Waals surface area contributed by atoms with Crippen molar-refractivity contribution in [2.75, 3.05) is 12.3 Å². The highest BCUT2D eigenvalue weighted by molar-refractivity contribution is 5.98. The first-order valence-corrected chi connectivity index (χ1v) is 4.22. The van der Waals surface area contributed by atoms with Gasteiger partial charge in [-0.15, -0.1) is 0 Å². The fourth-order valence-electron chi connectivity index (χ4n) is 0.851. The molecule has 6 nitrogen and oxygen atoms in total. The zero-order valence-electron chi connectivity index (χ0n) is 8.30. The van der Waals surface area contributed by atoms with Crippen LogP contribution in [0.1, 0.15) is 17.3 Å². The Hall–Kier alpha value is -2.11. The molecule has 15 heavy (non-hydrogen) atoms. The Bertz CT molecular complexity index is 328. The van der Waals surface area contributed by atoms with Gasteiger partial charge >= 0.3 is 0 Å². The molecule has 0 spiro atoms. The number of carboxylic acid groups (broad SMARTS) is 1. The van der Waals surface area contributed by atoms with Gasteiger partial charge in [0.15, 0.2) is 0 Å². The van der Waals surface area contributed by atoms with Crippen LogP contribution >= 0.6 is 0 Å². The summed E-state index contributed by atoms with van der Waals surface area (Å²) in [6.45, 7) is 2.19. The molecule has 82 valence electrons. The molecule has 6 heteroatoms. The van der Waals surface area contributed by atoms with Crippen LogP contribution < -0.4 is 11.1 Å². The Morgan fingerprint density at radius 2 is 2.33 bits per heavy atom. The Morgan fingerprint density at radius 3 is 2.80 bits per heavy atom. The zero-order chi connectivity index (χ0) is 11.7. The van der Waals surface area contributed by atoms with Crippen molar-refractivity contribution in [1.29, 1.82) is 0 Å². The SMILES string of the molecule is CCNC(=O)c1cnccc1N.O=CO. The summed E-state index contributed by atoms with van der Waals surface area (Å²) in [5, 5.41) is 9.53. The number of pyridine rings is 1. The van der Waals surface area contributed by atoms with E-state index in [2.05, 4.69) is 10.3 Å². The van der Waals surface area contributed by atoms with Gasteiger partial charge in [-0.25, -0.2) is 0 Å². The highest BCUT2D eigenvalue weighted by atomic mass is 16.3. The first-order valence-electron chi connectivity index (χ1n) is 4.22. The van der Waals surface area contributed by atoms with Crippen LogP contribution in [0.3, 0.4) is 0 Å². The lowest BCUT2D eigenvalue weighted by Gasteiger charge is -2.03. The normalized spacial score (nSPS) is 8.33. The third-order valence-corrected chi connectivity index (χ3v) is 1.44. The van der Waals surface area contributed by atoms with E-state index in [-0.39, 0.29) is 12.4 Å². The van der Waals surface area contributed by atoms with Gasteiger partial charge in [0, 0.05) is 24.6 Å². The standard InChI is InChI=1S/C8H11N3O.CH2O2/c1-2-11-8(12)6-5-10-4-3-7(6)9;2-1-3/h3-5H,2H2,1H3,(H2,9,10)(H,11,12);1H,(H,2,3). The van der Waals surface area contributed by atoms with E-state index in [0.29, 0.717) is 17.8 Å². The van der Waals surface area contributed by atoms with Crippen molar-refractivity contribution in [2.24, 2.45) is 0 Å². The Balaban J connectivity index is 0.000000583. The smallest absolute Gasteiger partial charge is 0.290 e. The lowest BCUT2D eigenvalue weighted by molar-refractivity contribution is -0.122. The molecule has 1 rings (SSSR count). The number of amides is 1. The molecule has 0 radical (unpaired) electrons. The van der Waals surface area contributed by atoms with Crippen LogP contribution in [0.2, 0.25) is 0 Å². The summed E-state index contributed by atoms with van der Waals surface area (Å²) in [7, 11) is 0. The van der Waals surface area contributed by atoms with Crippen LogP contribution in [-0.4, -0.2) is 29.0 Å². The number of rotatable bonds is 2. The van der Waals surface area contributed by atoms with E-state index in [1.54, 1.807) is 12.3 Å². The predicted octanol–water partition coefficient (Wildman–Crippen LogP) is 0.114. The summed E-state index contributed by atoms with van der Waals surface area (Å²) < 4.78 is 0. The third-order valence-electron chi connectivity index (χ3n) is 1.44. The Kier molecular flexibility index (Phi) is 6.28. The second kappa shape index (κ2) is 7.31. The van der Waals surface area contributed by atoms with Crippen molar-refractivity contribution < 1.29 is 14.7 Å². The number of anilines is 1. The van der Waals surface area contributed by atoms with Gasteiger partial charge in [-0.05, 0) is 13.0 Å². The second-order valence-corrected chi connectivity index (χ2v) is 2.43. The summed E-state index contributed by atoms with van der Waals surface area (Å²) in [4.78, 5) is 23.4. The molecule has 1 amide bonds. The van der Waals surface area contributed by atoms with E-state index in [1.807, 2.05) is 6.92 Å². The van der Waals surface area contributed by atoms with Crippen molar-refractivity contribution in [3.05, 3.63) is 24.0 Å². The van der Waals surface area contributed by atoms with E-state index in [9.17, 15) is 4.79 Å². The van der Waals surface area contributed by atoms with Crippen molar-refractivity contribution in [3.8, 4) is 0 Å². The topological polar surface area (TPSA) is 105 Å². The first kappa shape index (κ1) is 12.9. The molecule has 0 aliphatic carbocycles. The van der Waals surface area contributed by atoms with E-state index in [0.717, 1.165) is 0 Å². The number of nitrogen functional groups attached to an aromatic ring is 1. The van der Waals surface area contributed by atoms with Crippen LogP contribution in [0.25, 0.3) is 0 Å². The van der Waals surface area contributed by atoms with Crippen LogP contribution in [0.5, 0.6) is 0 Å². The van der Waals surface area contributed by atoms with E-state index < -0.39 is 0 Å². The van der Waals surface area contributed by atoms with Gasteiger partial charge in [0.1, 0.15) is 0 Å². The third kappa shape index (κ3) is 4.61. The van der Waals surface area contributed by atoms with Gasteiger partial charge in [0.25, 0.3) is 12.4 Å². The highest BCUT2D eigenvalue weighted by Gasteiger charge is 2.06. The number of hydrogen-bond acceptors (Lipinski definition) is 4. The quantitative estimate of drug-likeness (QED) is 0.602. The summed E-state index contributed by atoms with van der Waals surface area (Å²) in [6, 6.07) is 1.60. The number of aromatic nitrogens is 1. The van der Waals surface area contributed by atoms with Crippen molar-refractivity contribution in [1.82, 2.24) is 10.3 Å². The van der Waals surface area contributed by atoms with Crippen LogP contribution in [0.4, 0.5) is 5.69 Å². The molecule has 0 fully saturated rings. The molecule has 0 atom stereocenters. The van der Waals surface area contributed by atoms with E-state index >= 15 is 0 Å². The van der Waals surface area contributed by atoms with Crippen molar-refractivity contribution in [3.63, 3.8) is 0 Å². The van der Waals surface area contributed by atoms with E-state index in [1.165, 1.54) is 6.20 Å². The molecular formula is C9H13N3O3. The van der Waals surface area contributed by atoms with Crippen LogP contribution in [0, 0.1) is 0 Å². The number of hydrogen-bond donors (Lipinski definition) is 3. The fourth-order valence-corrected chi connectivity index (χ4v) is 0.851. The molecule has 0 saturated heterocycles. The average Bonchev–Trinajstić information content (AvgIpc) is 2.20. The molecule has 0 aliphatic heterocycles. The summed E-state index contributed by atoms with van der Waals surface area (Å²) in [5.74, 6) is -0.178. The molecule has 1 heterocycles. The summed E-state index contributed by atoms with van der Waals surface area (Å²) >= 11 is 0. The number of nitrogens with zero attached hydrogens (tertiary/aromatic N) is 1. The minimum Gasteiger partial charge on any atom is -0.483 e. The molecule has 0 bridgehead atoms. The zero-order valence-corrected chi connectivity index (χ0v) is 8.30. The summed E-state index contributed by atoms with van der Waals surface area (Å²) in [5.41, 5.74) is 6.44. The van der Waals surface area contributed by atoms with Crippen LogP contribution in [0.15, 0.2) is 18.5 Å². The maximum Gasteiger partial charge on any atom is 0.290 e. The van der Waals surface area contributed by atoms with Crippen LogP contribution in [-0.2, 0) is 4.79 Å². The van der Waals surface area contributed by atoms with E-state index in [4.69, 9.17) is 15.6 Å². The fraction of sp³-hybridized carbons (Fsp3) is 0.222. The van der Waals surface area contributed by atoms with Gasteiger partial charge in [0.2, 0.25) is 0 Å². The lowest BCUT2D eigenvalue weighted by Crippen LogP contribution is -2.23. The molecule has 0 saturated carbocycles. The number of carbonyl (C=O) groups excluding carboxylic acids is 1. The molecule has 0 aliphatic rings. The number of nitrogens with one attached hydrogen (secondary N) is 1. The molecule has 1 aromatic rings. The number of nitrogens with two attached hydrogens (primary N) is 1. The molecule has 0 aromatic carbocycles. The first-order chi connectivity index (χ1) is 7.17. The highest BCUT2D eigenvalue weighted by Crippen LogP contribution is 2.07. The Labute approximate surface area is 87.1 Å². The molecule has 4 N–H and O–H groups in total. The number of carbonyl (C=O) groups is 2. The second-order valence-electron chi connectivity index (χ2n) is 2.43. The molecular weight excluding hydrogens is 198 g/mol. The summed E-state index contributed by atoms with van der Waals surface area (Å²) in [6.07, 6.45) is 3.01. The van der Waals surface area contributed by atoms with Gasteiger partial charge in [-0.1, -0.05) is 0 Å². The van der Waals surface area contributed by atoms with Gasteiger partial charge in [0.05, 0.1) is 5.56 Å². The van der Waals surface area contributed by atoms with Crippen molar-refractivity contribution in [2.45, 2.75) is 6.92 Å². The van der Waals surface area contributed by atoms with Crippen molar-refractivity contribution >= 4 is 18.1 Å². The monoisotopic (exact) mass is 211 g/mol. The van der Waals surface area contributed by atoms with Gasteiger partial charge in [-0.3, -0.25) is 14.6 Å². The minimum atomic E-state index is -0.250. The minimum absolute atomic E-state index is 0.178. The Morgan fingerprint density at radius 1 is 1.73 bits per heavy atom. The molecule has 0 unspecified atom stereocenters. The average molecular weight is 211 g/mol. The van der Waals surface area contributed by atoms with Gasteiger partial charge < -0.3 is 16.2 Å². The predicted molar refractivity (Wildman–Crippen MR) is 55.3 cm³/mol. The maximum atomic E-state index is 11.2. The molecule has 1 aromatic heterocycles. The maximum absolute atomic E-state index is 11.2.